The summed E-state index contributed by atoms with van der Waals surface area (Å²) in [5.74, 6) is -0.265. The lowest BCUT2D eigenvalue weighted by molar-refractivity contribution is -0.111. The maximum Gasteiger partial charge on any atom is 0.407 e. The Hall–Kier alpha value is -2.63. The van der Waals surface area contributed by atoms with Gasteiger partial charge < -0.3 is 15.4 Å². The minimum Gasteiger partial charge on any atom is -0.446 e. The van der Waals surface area contributed by atoms with E-state index >= 15 is 0 Å². The second kappa shape index (κ2) is 8.80. The first kappa shape index (κ1) is 19.7. The molecule has 2 aliphatic carbocycles. The van der Waals surface area contributed by atoms with Gasteiger partial charge in [-0.05, 0) is 66.1 Å². The molecular weight excluding hydrogens is 406 g/mol. The van der Waals surface area contributed by atoms with Crippen molar-refractivity contribution in [3.8, 4) is 6.07 Å². The van der Waals surface area contributed by atoms with Gasteiger partial charge in [0.1, 0.15) is 17.2 Å². The summed E-state index contributed by atoms with van der Waals surface area (Å²) in [4.78, 5) is 25.3. The van der Waals surface area contributed by atoms with Crippen LogP contribution >= 0.6 is 22.7 Å². The highest BCUT2D eigenvalue weighted by atomic mass is 32.1. The van der Waals surface area contributed by atoms with Crippen LogP contribution in [0.1, 0.15) is 47.3 Å². The lowest BCUT2D eigenvalue weighted by Crippen LogP contribution is -2.41. The Balaban J connectivity index is 1.39. The molecule has 150 valence electrons. The number of hydrogen-bond donors (Lipinski definition) is 2. The molecule has 2 aliphatic rings. The zero-order valence-corrected chi connectivity index (χ0v) is 17.4. The van der Waals surface area contributed by atoms with Crippen molar-refractivity contribution in [3.05, 3.63) is 44.5 Å². The van der Waals surface area contributed by atoms with Crippen LogP contribution < -0.4 is 10.6 Å². The van der Waals surface area contributed by atoms with Crippen LogP contribution in [0.15, 0.2) is 22.9 Å². The van der Waals surface area contributed by atoms with E-state index in [0.717, 1.165) is 35.3 Å². The topological polar surface area (TPSA) is 91.2 Å². The van der Waals surface area contributed by atoms with E-state index in [9.17, 15) is 14.9 Å². The molecule has 0 radical (unpaired) electrons. The van der Waals surface area contributed by atoms with E-state index in [-0.39, 0.29) is 24.1 Å². The Morgan fingerprint density at radius 3 is 2.86 bits per heavy atom. The first-order chi connectivity index (χ1) is 14.1. The number of amides is 2. The molecule has 2 heterocycles. The highest BCUT2D eigenvalue weighted by Crippen LogP contribution is 2.38. The van der Waals surface area contributed by atoms with Crippen LogP contribution in [0.3, 0.4) is 0 Å². The monoisotopic (exact) mass is 427 g/mol. The summed E-state index contributed by atoms with van der Waals surface area (Å²) in [6, 6.07) is 4.41. The molecule has 1 saturated carbocycles. The first-order valence-corrected chi connectivity index (χ1v) is 11.4. The van der Waals surface area contributed by atoms with Crippen molar-refractivity contribution >= 4 is 45.8 Å². The molecule has 0 aliphatic heterocycles. The molecule has 29 heavy (non-hydrogen) atoms. The van der Waals surface area contributed by atoms with Crippen LogP contribution in [-0.4, -0.2) is 24.1 Å². The largest absolute Gasteiger partial charge is 0.446 e. The number of nitriles is 1. The third kappa shape index (κ3) is 4.69. The van der Waals surface area contributed by atoms with E-state index < -0.39 is 0 Å². The number of hydrogen-bond acceptors (Lipinski definition) is 6. The maximum absolute atomic E-state index is 12.3. The summed E-state index contributed by atoms with van der Waals surface area (Å²) in [6.45, 7) is 0. The molecule has 1 unspecified atom stereocenters. The number of alkyl carbamates (subject to hydrolysis) is 1. The number of carbonyl (C=O) groups excluding carboxylic acids is 2. The van der Waals surface area contributed by atoms with Crippen molar-refractivity contribution in [3.63, 3.8) is 0 Å². The molecule has 0 bridgehead atoms. The fraction of sp³-hybridized carbons (Fsp3) is 0.381. The number of anilines is 1. The molecule has 2 N–H and O–H groups in total. The van der Waals surface area contributed by atoms with Gasteiger partial charge in [0.25, 0.3) is 0 Å². The van der Waals surface area contributed by atoms with Crippen LogP contribution in [0, 0.1) is 11.3 Å². The highest BCUT2D eigenvalue weighted by molar-refractivity contribution is 7.16. The molecule has 4 rings (SSSR count). The van der Waals surface area contributed by atoms with Gasteiger partial charge in [0.05, 0.1) is 5.56 Å². The van der Waals surface area contributed by atoms with Crippen molar-refractivity contribution in [2.75, 3.05) is 5.32 Å². The molecule has 0 aromatic carbocycles. The number of carbonyl (C=O) groups is 2. The Labute approximate surface area is 177 Å². The minimum absolute atomic E-state index is 0.199. The molecular formula is C21H21N3O3S2. The van der Waals surface area contributed by atoms with Gasteiger partial charge >= 0.3 is 6.09 Å². The van der Waals surface area contributed by atoms with Gasteiger partial charge in [-0.1, -0.05) is 0 Å². The zero-order chi connectivity index (χ0) is 20.2. The summed E-state index contributed by atoms with van der Waals surface area (Å²) in [7, 11) is 0. The number of thiophene rings is 2. The van der Waals surface area contributed by atoms with Gasteiger partial charge in [-0.25, -0.2) is 4.79 Å². The number of nitrogens with one attached hydrogen (secondary N) is 2. The smallest absolute Gasteiger partial charge is 0.407 e. The fourth-order valence-electron chi connectivity index (χ4n) is 3.46. The average molecular weight is 428 g/mol. The first-order valence-electron chi connectivity index (χ1n) is 9.65. The van der Waals surface area contributed by atoms with Crippen molar-refractivity contribution in [2.24, 2.45) is 0 Å². The summed E-state index contributed by atoms with van der Waals surface area (Å²) in [6.07, 6.45) is 7.78. The van der Waals surface area contributed by atoms with Crippen LogP contribution in [0.2, 0.25) is 0 Å². The van der Waals surface area contributed by atoms with Gasteiger partial charge in [0.15, 0.2) is 0 Å². The van der Waals surface area contributed by atoms with Crippen LogP contribution in [0.4, 0.5) is 9.80 Å². The van der Waals surface area contributed by atoms with E-state index in [2.05, 4.69) is 16.7 Å². The van der Waals surface area contributed by atoms with Crippen LogP contribution in [0.25, 0.3) is 6.08 Å². The average Bonchev–Trinajstić information content (AvgIpc) is 3.30. The Morgan fingerprint density at radius 2 is 2.17 bits per heavy atom. The minimum atomic E-state index is -0.354. The van der Waals surface area contributed by atoms with E-state index in [1.165, 1.54) is 17.4 Å². The second-order valence-electron chi connectivity index (χ2n) is 7.24. The number of rotatable bonds is 5. The lowest BCUT2D eigenvalue weighted by atomic mass is 9.93. The molecule has 2 aromatic heterocycles. The quantitative estimate of drug-likeness (QED) is 0.689. The molecule has 8 heteroatoms. The predicted octanol–water partition coefficient (Wildman–Crippen LogP) is 4.47. The molecule has 0 saturated heterocycles. The van der Waals surface area contributed by atoms with Gasteiger partial charge in [-0.15, -0.1) is 11.3 Å². The van der Waals surface area contributed by atoms with E-state index in [1.54, 1.807) is 17.4 Å². The SMILES string of the molecule is N#Cc1c(NC(=O)C=Cc2ccsc2)sc2c1CCC(OC(=O)NC1CCC1)C2. The Morgan fingerprint density at radius 1 is 1.31 bits per heavy atom. The van der Waals surface area contributed by atoms with Crippen LogP contribution in [-0.2, 0) is 22.4 Å². The maximum atomic E-state index is 12.3. The lowest BCUT2D eigenvalue weighted by Gasteiger charge is -2.28. The van der Waals surface area contributed by atoms with E-state index in [4.69, 9.17) is 4.74 Å². The zero-order valence-electron chi connectivity index (χ0n) is 15.8. The van der Waals surface area contributed by atoms with Crippen molar-refractivity contribution < 1.29 is 14.3 Å². The van der Waals surface area contributed by atoms with Gasteiger partial charge in [0.2, 0.25) is 5.91 Å². The standard InChI is InChI=1S/C21H21N3O3S2/c22-11-17-16-6-5-15(27-21(26)23-14-2-1-3-14)10-18(16)29-20(17)24-19(25)7-4-13-8-9-28-12-13/h4,7-9,12,14-15H,1-3,5-6,10H2,(H,23,26)(H,24,25). The fourth-order valence-corrected chi connectivity index (χ4v) is 5.36. The summed E-state index contributed by atoms with van der Waals surface area (Å²) >= 11 is 2.97. The summed E-state index contributed by atoms with van der Waals surface area (Å²) < 4.78 is 5.57. The van der Waals surface area contributed by atoms with Gasteiger partial charge in [-0.2, -0.15) is 16.6 Å². The van der Waals surface area contributed by atoms with Crippen molar-refractivity contribution in [1.82, 2.24) is 5.32 Å². The van der Waals surface area contributed by atoms with Crippen molar-refractivity contribution in [1.29, 1.82) is 5.26 Å². The predicted molar refractivity (Wildman–Crippen MR) is 114 cm³/mol. The van der Waals surface area contributed by atoms with Gasteiger partial charge in [-0.3, -0.25) is 4.79 Å². The van der Waals surface area contributed by atoms with Crippen LogP contribution in [0.5, 0.6) is 0 Å². The molecule has 0 spiro atoms. The van der Waals surface area contributed by atoms with E-state index in [1.807, 2.05) is 16.8 Å². The Kier molecular flexibility index (Phi) is 5.97. The molecule has 2 amide bonds. The second-order valence-corrected chi connectivity index (χ2v) is 9.13. The molecule has 2 aromatic rings. The Bertz CT molecular complexity index is 968. The van der Waals surface area contributed by atoms with Crippen molar-refractivity contribution in [2.45, 2.75) is 50.7 Å². The number of fused-ring (bicyclic) bond motifs is 1. The molecule has 1 atom stereocenters. The number of nitrogens with zero attached hydrogens (tertiary/aromatic N) is 1. The molecule has 6 nitrogen and oxygen atoms in total. The number of ether oxygens (including phenoxy) is 1. The van der Waals surface area contributed by atoms with E-state index in [0.29, 0.717) is 29.8 Å². The normalized spacial score (nSPS) is 18.5. The summed E-state index contributed by atoms with van der Waals surface area (Å²) in [5, 5.41) is 19.8. The van der Waals surface area contributed by atoms with Gasteiger partial charge in [0, 0.05) is 23.4 Å². The highest BCUT2D eigenvalue weighted by Gasteiger charge is 2.29. The third-order valence-electron chi connectivity index (χ3n) is 5.24. The summed E-state index contributed by atoms with van der Waals surface area (Å²) in [5.41, 5.74) is 2.46. The third-order valence-corrected chi connectivity index (χ3v) is 7.11. The molecule has 1 fully saturated rings.